The third-order valence-corrected chi connectivity index (χ3v) is 7.04. The lowest BCUT2D eigenvalue weighted by Gasteiger charge is -2.25. The molecule has 3 aromatic carbocycles. The highest BCUT2D eigenvalue weighted by Gasteiger charge is 2.21. The van der Waals surface area contributed by atoms with Crippen LogP contribution in [0.4, 0.5) is 0 Å². The Bertz CT molecular complexity index is 1480. The third kappa shape index (κ3) is 4.38. The van der Waals surface area contributed by atoms with Crippen LogP contribution >= 0.6 is 23.4 Å². The molecule has 0 bridgehead atoms. The van der Waals surface area contributed by atoms with Gasteiger partial charge in [-0.3, -0.25) is 19.6 Å². The fourth-order valence-electron chi connectivity index (χ4n) is 3.87. The molecule has 2 aromatic heterocycles. The summed E-state index contributed by atoms with van der Waals surface area (Å²) in [6, 6.07) is 28.1. The van der Waals surface area contributed by atoms with Crippen molar-refractivity contribution >= 4 is 23.4 Å². The lowest BCUT2D eigenvalue weighted by Crippen LogP contribution is -2.18. The molecule has 0 aliphatic heterocycles. The van der Waals surface area contributed by atoms with Crippen molar-refractivity contribution in [2.75, 3.05) is 0 Å². The van der Waals surface area contributed by atoms with Gasteiger partial charge in [-0.1, -0.05) is 90.1 Å². The molecule has 1 unspecified atom stereocenters. The fourth-order valence-corrected chi connectivity index (χ4v) is 4.98. The van der Waals surface area contributed by atoms with Crippen LogP contribution in [-0.4, -0.2) is 14.8 Å². The van der Waals surface area contributed by atoms with Crippen molar-refractivity contribution in [2.45, 2.75) is 15.8 Å². The summed E-state index contributed by atoms with van der Waals surface area (Å²) >= 11 is 7.35. The molecule has 0 spiro atoms. The van der Waals surface area contributed by atoms with Gasteiger partial charge in [-0.2, -0.15) is 0 Å². The number of H-pyrrole nitrogens is 1. The summed E-state index contributed by atoms with van der Waals surface area (Å²) in [5.41, 5.74) is 3.24. The number of benzene rings is 3. The van der Waals surface area contributed by atoms with Crippen LogP contribution in [-0.2, 0) is 0 Å². The quantitative estimate of drug-likeness (QED) is 0.333. The second kappa shape index (κ2) is 9.63. The van der Waals surface area contributed by atoms with Crippen LogP contribution in [0.5, 0.6) is 5.88 Å². The minimum absolute atomic E-state index is 0.0810. The number of aromatic nitrogens is 3. The van der Waals surface area contributed by atoms with Gasteiger partial charge in [0.1, 0.15) is 0 Å². The van der Waals surface area contributed by atoms with Gasteiger partial charge in [0.25, 0.3) is 5.56 Å². The van der Waals surface area contributed by atoms with Crippen LogP contribution in [0.2, 0.25) is 5.02 Å². The zero-order chi connectivity index (χ0) is 23.5. The van der Waals surface area contributed by atoms with Crippen molar-refractivity contribution in [2.24, 2.45) is 0 Å². The first-order valence-electron chi connectivity index (χ1n) is 10.6. The van der Waals surface area contributed by atoms with Crippen LogP contribution in [0.15, 0.2) is 118 Å². The number of rotatable bonds is 6. The minimum Gasteiger partial charge on any atom is -0.858 e. The molecule has 0 fully saturated rings. The summed E-state index contributed by atoms with van der Waals surface area (Å²) in [6.07, 6.45) is 3.53. The average molecular weight is 485 g/mol. The molecule has 5 rings (SSSR count). The van der Waals surface area contributed by atoms with E-state index in [2.05, 4.69) is 10.1 Å². The van der Waals surface area contributed by atoms with Gasteiger partial charge in [-0.05, 0) is 46.5 Å². The van der Waals surface area contributed by atoms with E-state index in [9.17, 15) is 9.90 Å². The average Bonchev–Trinajstić information content (AvgIpc) is 3.15. The van der Waals surface area contributed by atoms with Gasteiger partial charge < -0.3 is 5.11 Å². The third-order valence-electron chi connectivity index (χ3n) is 5.46. The molecule has 168 valence electrons. The van der Waals surface area contributed by atoms with Crippen molar-refractivity contribution in [3.05, 3.63) is 130 Å². The van der Waals surface area contributed by atoms with Crippen LogP contribution in [0.1, 0.15) is 17.2 Å². The Morgan fingerprint density at radius 1 is 0.882 bits per heavy atom. The Labute approximate surface area is 205 Å². The number of pyridine rings is 1. The molecule has 0 saturated carbocycles. The van der Waals surface area contributed by atoms with E-state index in [-0.39, 0.29) is 4.90 Å². The summed E-state index contributed by atoms with van der Waals surface area (Å²) in [6.45, 7) is 0. The predicted molar refractivity (Wildman–Crippen MR) is 133 cm³/mol. The first-order chi connectivity index (χ1) is 16.6. The maximum Gasteiger partial charge on any atom is 0.277 e. The standard InChI is InChI=1S/C27H20ClN3O2S/c28-22-13-4-5-14-23(22)34-25-26(32)30-31(27(25)33)24(18-8-2-1-3-9-18)20-11-6-10-19(16-20)21-12-7-15-29-17-21/h1-17,24,33H,(H,30,32)/p-1. The van der Waals surface area contributed by atoms with Crippen LogP contribution < -0.4 is 10.7 Å². The number of aromatic amines is 1. The first kappa shape index (κ1) is 22.1. The molecule has 7 heteroatoms. The van der Waals surface area contributed by atoms with Crippen molar-refractivity contribution in [1.82, 2.24) is 14.8 Å². The number of hydrogen-bond acceptors (Lipinski definition) is 4. The van der Waals surface area contributed by atoms with E-state index in [4.69, 9.17) is 11.6 Å². The number of hydrogen-bond donors (Lipinski definition) is 1. The van der Waals surface area contributed by atoms with E-state index >= 15 is 0 Å². The van der Waals surface area contributed by atoms with Crippen molar-refractivity contribution in [1.29, 1.82) is 0 Å². The molecule has 34 heavy (non-hydrogen) atoms. The minimum atomic E-state index is -0.515. The SMILES string of the molecule is O=c1[nH]n(C(c2ccccc2)c2cccc(-c3cccnc3)c2)c([O-])c1Sc1ccccc1Cl. The lowest BCUT2D eigenvalue weighted by molar-refractivity contribution is -0.284. The molecule has 1 atom stereocenters. The van der Waals surface area contributed by atoms with E-state index in [0.717, 1.165) is 34.0 Å². The molecule has 5 nitrogen and oxygen atoms in total. The van der Waals surface area contributed by atoms with Crippen molar-refractivity contribution < 1.29 is 5.11 Å². The Kier molecular flexibility index (Phi) is 6.25. The van der Waals surface area contributed by atoms with E-state index in [1.165, 1.54) is 4.68 Å². The largest absolute Gasteiger partial charge is 0.858 e. The number of halogens is 1. The molecule has 0 saturated heterocycles. The normalized spacial score (nSPS) is 11.9. The summed E-state index contributed by atoms with van der Waals surface area (Å²) in [5, 5.41) is 16.8. The fraction of sp³-hybridized carbons (Fsp3) is 0.0370. The maximum absolute atomic E-state index is 13.5. The zero-order valence-corrected chi connectivity index (χ0v) is 19.5. The van der Waals surface area contributed by atoms with Crippen molar-refractivity contribution in [3.8, 4) is 17.0 Å². The van der Waals surface area contributed by atoms with Crippen LogP contribution in [0.3, 0.4) is 0 Å². The maximum atomic E-state index is 13.5. The molecule has 0 amide bonds. The molecular formula is C27H19ClN3O2S-. The Morgan fingerprint density at radius 2 is 1.62 bits per heavy atom. The molecule has 2 heterocycles. The molecule has 0 aliphatic rings. The van der Waals surface area contributed by atoms with E-state index in [0.29, 0.717) is 9.92 Å². The summed E-state index contributed by atoms with van der Waals surface area (Å²) in [7, 11) is 0. The second-order valence-electron chi connectivity index (χ2n) is 7.66. The van der Waals surface area contributed by atoms with Gasteiger partial charge in [0, 0.05) is 23.2 Å². The van der Waals surface area contributed by atoms with E-state index in [1.807, 2.05) is 72.8 Å². The van der Waals surface area contributed by atoms with Crippen LogP contribution in [0, 0.1) is 0 Å². The monoisotopic (exact) mass is 484 g/mol. The van der Waals surface area contributed by atoms with Gasteiger partial charge >= 0.3 is 0 Å². The van der Waals surface area contributed by atoms with Crippen molar-refractivity contribution in [3.63, 3.8) is 0 Å². The molecule has 5 aromatic rings. The molecular weight excluding hydrogens is 466 g/mol. The lowest BCUT2D eigenvalue weighted by atomic mass is 9.95. The van der Waals surface area contributed by atoms with E-state index < -0.39 is 17.5 Å². The topological polar surface area (TPSA) is 73.7 Å². The van der Waals surface area contributed by atoms with Gasteiger partial charge in [0.2, 0.25) is 0 Å². The van der Waals surface area contributed by atoms with Crippen LogP contribution in [0.25, 0.3) is 11.1 Å². The molecule has 1 N–H and O–H groups in total. The Morgan fingerprint density at radius 3 is 2.38 bits per heavy atom. The summed E-state index contributed by atoms with van der Waals surface area (Å²) in [5.74, 6) is -0.393. The van der Waals surface area contributed by atoms with Gasteiger partial charge in [0.05, 0.1) is 16.0 Å². The Balaban J connectivity index is 1.63. The highest BCUT2D eigenvalue weighted by atomic mass is 35.5. The molecule has 0 aliphatic carbocycles. The number of nitrogens with one attached hydrogen (secondary N) is 1. The van der Waals surface area contributed by atoms with E-state index in [1.54, 1.807) is 30.6 Å². The van der Waals surface area contributed by atoms with Gasteiger partial charge in [-0.25, -0.2) is 0 Å². The van der Waals surface area contributed by atoms with Gasteiger partial charge in [-0.15, -0.1) is 0 Å². The number of nitrogens with zero attached hydrogens (tertiary/aromatic N) is 2. The predicted octanol–water partition coefficient (Wildman–Crippen LogP) is 5.75. The second-order valence-corrected chi connectivity index (χ2v) is 9.12. The molecule has 0 radical (unpaired) electrons. The highest BCUT2D eigenvalue weighted by Crippen LogP contribution is 2.38. The first-order valence-corrected chi connectivity index (χ1v) is 11.8. The summed E-state index contributed by atoms with van der Waals surface area (Å²) in [4.78, 5) is 17.8. The smallest absolute Gasteiger partial charge is 0.277 e. The van der Waals surface area contributed by atoms with Gasteiger partial charge in [0.15, 0.2) is 0 Å². The zero-order valence-electron chi connectivity index (χ0n) is 17.9. The highest BCUT2D eigenvalue weighted by molar-refractivity contribution is 7.99. The Hall–Kier alpha value is -3.74. The summed E-state index contributed by atoms with van der Waals surface area (Å²) < 4.78 is 1.40.